The fraction of sp³-hybridized carbons (Fsp3) is 0.467. The second kappa shape index (κ2) is 5.87. The summed E-state index contributed by atoms with van der Waals surface area (Å²) in [6.45, 7) is 2.06. The van der Waals surface area contributed by atoms with Gasteiger partial charge in [0.2, 0.25) is 11.8 Å². The molecule has 4 heteroatoms. The van der Waals surface area contributed by atoms with E-state index in [1.54, 1.807) is 11.9 Å². The van der Waals surface area contributed by atoms with Gasteiger partial charge in [-0.2, -0.15) is 0 Å². The molecular formula is C15H20N2O2. The molecule has 1 atom stereocenters. The van der Waals surface area contributed by atoms with Crippen molar-refractivity contribution in [2.24, 2.45) is 0 Å². The molecule has 1 unspecified atom stereocenters. The minimum absolute atomic E-state index is 0.0420. The van der Waals surface area contributed by atoms with Gasteiger partial charge in [0.1, 0.15) is 6.04 Å². The maximum Gasteiger partial charge on any atom is 0.243 e. The lowest BCUT2D eigenvalue weighted by Crippen LogP contribution is -2.47. The van der Waals surface area contributed by atoms with E-state index in [2.05, 4.69) is 12.2 Å². The number of para-hydroxylation sites is 1. The Morgan fingerprint density at radius 2 is 2.11 bits per heavy atom. The minimum atomic E-state index is -0.397. The summed E-state index contributed by atoms with van der Waals surface area (Å²) >= 11 is 0. The van der Waals surface area contributed by atoms with Gasteiger partial charge in [0.15, 0.2) is 0 Å². The van der Waals surface area contributed by atoms with Gasteiger partial charge in [-0.05, 0) is 18.1 Å². The highest BCUT2D eigenvalue weighted by molar-refractivity contribution is 6.03. The maximum atomic E-state index is 12.3. The Kier molecular flexibility index (Phi) is 4.20. The lowest BCUT2D eigenvalue weighted by atomic mass is 10.1. The maximum absolute atomic E-state index is 12.3. The van der Waals surface area contributed by atoms with Crippen LogP contribution >= 0.6 is 0 Å². The molecule has 1 aliphatic heterocycles. The molecule has 19 heavy (non-hydrogen) atoms. The molecule has 0 fully saturated rings. The van der Waals surface area contributed by atoms with E-state index in [-0.39, 0.29) is 11.8 Å². The fourth-order valence-electron chi connectivity index (χ4n) is 2.52. The zero-order chi connectivity index (χ0) is 13.8. The van der Waals surface area contributed by atoms with Gasteiger partial charge in [-0.3, -0.25) is 14.5 Å². The molecule has 1 aromatic rings. The molecule has 0 radical (unpaired) electrons. The third kappa shape index (κ3) is 2.62. The number of amides is 2. The Balaban J connectivity index is 2.28. The van der Waals surface area contributed by atoms with Crippen LogP contribution in [0.1, 0.15) is 31.7 Å². The van der Waals surface area contributed by atoms with E-state index in [1.807, 2.05) is 24.3 Å². The summed E-state index contributed by atoms with van der Waals surface area (Å²) in [7, 11) is 1.61. The number of hydrogen-bond donors (Lipinski definition) is 1. The van der Waals surface area contributed by atoms with E-state index < -0.39 is 6.04 Å². The van der Waals surface area contributed by atoms with Crippen molar-refractivity contribution >= 4 is 17.5 Å². The summed E-state index contributed by atoms with van der Waals surface area (Å²) in [5, 5.41) is 2.65. The number of carbonyl (C=O) groups is 2. The smallest absolute Gasteiger partial charge is 0.243 e. The quantitative estimate of drug-likeness (QED) is 0.898. The van der Waals surface area contributed by atoms with Gasteiger partial charge < -0.3 is 5.32 Å². The fourth-order valence-corrected chi connectivity index (χ4v) is 2.52. The van der Waals surface area contributed by atoms with Crippen molar-refractivity contribution in [2.75, 3.05) is 11.9 Å². The molecule has 2 amide bonds. The number of carbonyl (C=O) groups excluding carboxylic acids is 2. The number of nitrogens with one attached hydrogen (secondary N) is 1. The summed E-state index contributed by atoms with van der Waals surface area (Å²) in [5.74, 6) is -0.0542. The summed E-state index contributed by atoms with van der Waals surface area (Å²) in [6.07, 6.45) is 2.94. The minimum Gasteiger partial charge on any atom is -0.357 e. The van der Waals surface area contributed by atoms with Crippen LogP contribution in [0.25, 0.3) is 0 Å². The number of hydrogen-bond acceptors (Lipinski definition) is 2. The summed E-state index contributed by atoms with van der Waals surface area (Å²) in [6, 6.07) is 7.36. The molecule has 2 rings (SSSR count). The van der Waals surface area contributed by atoms with E-state index in [9.17, 15) is 9.59 Å². The number of rotatable bonds is 4. The Bertz CT molecular complexity index is 485. The summed E-state index contributed by atoms with van der Waals surface area (Å²) in [4.78, 5) is 26.0. The van der Waals surface area contributed by atoms with E-state index in [0.717, 1.165) is 24.1 Å². The van der Waals surface area contributed by atoms with Crippen LogP contribution in [0.3, 0.4) is 0 Å². The SMILES string of the molecule is CCCCC(=O)N1c2ccccc2CC1C(=O)NC. The van der Waals surface area contributed by atoms with E-state index in [4.69, 9.17) is 0 Å². The number of nitrogens with zero attached hydrogens (tertiary/aromatic N) is 1. The van der Waals surface area contributed by atoms with Crippen LogP contribution in [0.5, 0.6) is 0 Å². The summed E-state index contributed by atoms with van der Waals surface area (Å²) in [5.41, 5.74) is 1.96. The Labute approximate surface area is 113 Å². The van der Waals surface area contributed by atoms with E-state index >= 15 is 0 Å². The molecule has 0 spiro atoms. The predicted molar refractivity (Wildman–Crippen MR) is 75.0 cm³/mol. The topological polar surface area (TPSA) is 49.4 Å². The van der Waals surface area contributed by atoms with Gasteiger partial charge in [-0.1, -0.05) is 31.5 Å². The number of likely N-dealkylation sites (N-methyl/N-ethyl adjacent to an activating group) is 1. The third-order valence-corrected chi connectivity index (χ3v) is 3.54. The average Bonchev–Trinajstić information content (AvgIpc) is 2.83. The molecule has 0 aromatic heterocycles. The molecule has 1 aromatic carbocycles. The normalized spacial score (nSPS) is 17.2. The molecule has 0 saturated carbocycles. The van der Waals surface area contributed by atoms with Gasteiger partial charge in [0.05, 0.1) is 0 Å². The lowest BCUT2D eigenvalue weighted by molar-refractivity contribution is -0.125. The largest absolute Gasteiger partial charge is 0.357 e. The molecule has 0 aliphatic carbocycles. The molecule has 4 nitrogen and oxygen atoms in total. The lowest BCUT2D eigenvalue weighted by Gasteiger charge is -2.24. The van der Waals surface area contributed by atoms with Gasteiger partial charge in [0.25, 0.3) is 0 Å². The molecule has 1 N–H and O–H groups in total. The Morgan fingerprint density at radius 1 is 1.37 bits per heavy atom. The second-order valence-electron chi connectivity index (χ2n) is 4.83. The summed E-state index contributed by atoms with van der Waals surface area (Å²) < 4.78 is 0. The standard InChI is InChI=1S/C15H20N2O2/c1-3-4-9-14(18)17-12-8-6-5-7-11(12)10-13(17)15(19)16-2/h5-8,13H,3-4,9-10H2,1-2H3,(H,16,19). The highest BCUT2D eigenvalue weighted by Crippen LogP contribution is 2.32. The van der Waals surface area contributed by atoms with Crippen molar-refractivity contribution in [3.05, 3.63) is 29.8 Å². The van der Waals surface area contributed by atoms with Crippen LogP contribution in [-0.4, -0.2) is 24.9 Å². The predicted octanol–water partition coefficient (Wildman–Crippen LogP) is 1.88. The Morgan fingerprint density at radius 3 is 2.79 bits per heavy atom. The Hall–Kier alpha value is -1.84. The van der Waals surface area contributed by atoms with E-state index in [1.165, 1.54) is 0 Å². The first-order valence-corrected chi connectivity index (χ1v) is 6.80. The zero-order valence-electron chi connectivity index (χ0n) is 11.5. The second-order valence-corrected chi connectivity index (χ2v) is 4.83. The van der Waals surface area contributed by atoms with Crippen molar-refractivity contribution in [1.82, 2.24) is 5.32 Å². The van der Waals surface area contributed by atoms with Crippen LogP contribution in [0.15, 0.2) is 24.3 Å². The van der Waals surface area contributed by atoms with Crippen LogP contribution in [-0.2, 0) is 16.0 Å². The van der Waals surface area contributed by atoms with Crippen LogP contribution in [0, 0.1) is 0 Å². The third-order valence-electron chi connectivity index (χ3n) is 3.54. The van der Waals surface area contributed by atoms with Gasteiger partial charge >= 0.3 is 0 Å². The van der Waals surface area contributed by atoms with Crippen molar-refractivity contribution in [2.45, 2.75) is 38.6 Å². The molecule has 1 heterocycles. The number of benzene rings is 1. The zero-order valence-corrected chi connectivity index (χ0v) is 11.5. The van der Waals surface area contributed by atoms with Gasteiger partial charge in [0, 0.05) is 25.6 Å². The highest BCUT2D eigenvalue weighted by Gasteiger charge is 2.37. The molecule has 0 bridgehead atoms. The highest BCUT2D eigenvalue weighted by atomic mass is 16.2. The molecular weight excluding hydrogens is 240 g/mol. The first-order valence-electron chi connectivity index (χ1n) is 6.80. The first kappa shape index (κ1) is 13.6. The van der Waals surface area contributed by atoms with Crippen molar-refractivity contribution < 1.29 is 9.59 Å². The number of anilines is 1. The number of unbranched alkanes of at least 4 members (excludes halogenated alkanes) is 1. The molecule has 102 valence electrons. The first-order chi connectivity index (χ1) is 9.19. The monoisotopic (exact) mass is 260 g/mol. The van der Waals surface area contributed by atoms with Crippen molar-refractivity contribution in [3.63, 3.8) is 0 Å². The molecule has 1 aliphatic rings. The van der Waals surface area contributed by atoms with Crippen molar-refractivity contribution in [1.29, 1.82) is 0 Å². The average molecular weight is 260 g/mol. The molecule has 0 saturated heterocycles. The number of fused-ring (bicyclic) bond motifs is 1. The van der Waals surface area contributed by atoms with Crippen LogP contribution in [0.4, 0.5) is 5.69 Å². The van der Waals surface area contributed by atoms with E-state index in [0.29, 0.717) is 12.8 Å². The van der Waals surface area contributed by atoms with Crippen LogP contribution < -0.4 is 10.2 Å². The van der Waals surface area contributed by atoms with Crippen molar-refractivity contribution in [3.8, 4) is 0 Å². The van der Waals surface area contributed by atoms with Gasteiger partial charge in [-0.25, -0.2) is 0 Å². The van der Waals surface area contributed by atoms with Crippen LogP contribution in [0.2, 0.25) is 0 Å². The van der Waals surface area contributed by atoms with Gasteiger partial charge in [-0.15, -0.1) is 0 Å².